The number of carbonyl (C=O) groups is 4. The SMILES string of the molecule is C#Cc1ccccc1C(C(=O)NC(Cc1ccccc1)C(=O)OC(C)(C)C)N(C(=O)C(CCSC)NC(=O)OC(C)(C)C)C(C)CC. The van der Waals surface area contributed by atoms with Gasteiger partial charge in [0.05, 0.1) is 0 Å². The number of thioether (sulfide) groups is 1. The molecule has 0 bridgehead atoms. The van der Waals surface area contributed by atoms with Gasteiger partial charge < -0.3 is 25.0 Å². The van der Waals surface area contributed by atoms with Gasteiger partial charge in [-0.05, 0) is 90.5 Å². The fourth-order valence-electron chi connectivity index (χ4n) is 4.87. The molecule has 2 N–H and O–H groups in total. The van der Waals surface area contributed by atoms with Gasteiger partial charge in [-0.3, -0.25) is 9.59 Å². The van der Waals surface area contributed by atoms with Gasteiger partial charge in [0, 0.05) is 18.0 Å². The Labute approximate surface area is 284 Å². The van der Waals surface area contributed by atoms with Crippen LogP contribution in [-0.4, -0.2) is 70.1 Å². The Balaban J connectivity index is 2.69. The van der Waals surface area contributed by atoms with E-state index in [-0.39, 0.29) is 6.42 Å². The lowest BCUT2D eigenvalue weighted by atomic mass is 9.95. The average Bonchev–Trinajstić information content (AvgIpc) is 2.99. The van der Waals surface area contributed by atoms with Crippen LogP contribution in [0.15, 0.2) is 54.6 Å². The van der Waals surface area contributed by atoms with Gasteiger partial charge in [0.2, 0.25) is 11.8 Å². The number of esters is 1. The second-order valence-corrected chi connectivity index (χ2v) is 14.4. The van der Waals surface area contributed by atoms with E-state index in [9.17, 15) is 19.2 Å². The minimum Gasteiger partial charge on any atom is -0.458 e. The van der Waals surface area contributed by atoms with Crippen molar-refractivity contribution in [2.24, 2.45) is 0 Å². The zero-order valence-electron chi connectivity index (χ0n) is 29.2. The highest BCUT2D eigenvalue weighted by Gasteiger charge is 2.40. The van der Waals surface area contributed by atoms with Gasteiger partial charge in [-0.15, -0.1) is 6.42 Å². The fourth-order valence-corrected chi connectivity index (χ4v) is 5.34. The van der Waals surface area contributed by atoms with Crippen molar-refractivity contribution in [3.8, 4) is 12.3 Å². The van der Waals surface area contributed by atoms with Crippen molar-refractivity contribution in [3.63, 3.8) is 0 Å². The third-order valence-corrected chi connectivity index (χ3v) is 7.79. The average molecular weight is 666 g/mol. The van der Waals surface area contributed by atoms with Crippen LogP contribution in [0.5, 0.6) is 0 Å². The quantitative estimate of drug-likeness (QED) is 0.187. The van der Waals surface area contributed by atoms with Crippen LogP contribution in [-0.2, 0) is 30.3 Å². The number of amides is 3. The summed E-state index contributed by atoms with van der Waals surface area (Å²) in [6.45, 7) is 14.2. The molecule has 0 saturated heterocycles. The van der Waals surface area contributed by atoms with Crippen molar-refractivity contribution in [1.29, 1.82) is 0 Å². The summed E-state index contributed by atoms with van der Waals surface area (Å²) in [6, 6.07) is 12.5. The highest BCUT2D eigenvalue weighted by atomic mass is 32.2. The zero-order valence-corrected chi connectivity index (χ0v) is 30.0. The molecule has 256 valence electrons. The second-order valence-electron chi connectivity index (χ2n) is 13.4. The molecule has 2 aromatic carbocycles. The number of alkyl carbamates (subject to hydrolysis) is 1. The van der Waals surface area contributed by atoms with E-state index in [0.29, 0.717) is 29.7 Å². The Morgan fingerprint density at radius 3 is 2.04 bits per heavy atom. The van der Waals surface area contributed by atoms with E-state index in [4.69, 9.17) is 15.9 Å². The Morgan fingerprint density at radius 1 is 0.894 bits per heavy atom. The van der Waals surface area contributed by atoms with Crippen molar-refractivity contribution < 1.29 is 28.7 Å². The predicted molar refractivity (Wildman–Crippen MR) is 188 cm³/mol. The summed E-state index contributed by atoms with van der Waals surface area (Å²) in [4.78, 5) is 57.1. The molecule has 0 aliphatic heterocycles. The van der Waals surface area contributed by atoms with Crippen LogP contribution in [0.1, 0.15) is 91.0 Å². The largest absolute Gasteiger partial charge is 0.458 e. The number of rotatable bonds is 14. The molecule has 2 rings (SSSR count). The molecule has 9 nitrogen and oxygen atoms in total. The number of hydrogen-bond donors (Lipinski definition) is 2. The molecule has 0 aliphatic carbocycles. The molecule has 4 atom stereocenters. The van der Waals surface area contributed by atoms with Crippen LogP contribution in [0.4, 0.5) is 4.79 Å². The van der Waals surface area contributed by atoms with Gasteiger partial charge >= 0.3 is 12.1 Å². The molecule has 0 saturated carbocycles. The molecule has 0 fully saturated rings. The molecule has 2 aromatic rings. The number of nitrogens with one attached hydrogen (secondary N) is 2. The summed E-state index contributed by atoms with van der Waals surface area (Å²) in [5.41, 5.74) is 0.0776. The first-order chi connectivity index (χ1) is 22.0. The summed E-state index contributed by atoms with van der Waals surface area (Å²) in [6.07, 6.45) is 8.04. The first-order valence-corrected chi connectivity index (χ1v) is 17.3. The highest BCUT2D eigenvalue weighted by Crippen LogP contribution is 2.29. The number of hydrogen-bond acceptors (Lipinski definition) is 7. The van der Waals surface area contributed by atoms with Crippen molar-refractivity contribution in [1.82, 2.24) is 15.5 Å². The van der Waals surface area contributed by atoms with E-state index in [2.05, 4.69) is 16.6 Å². The molecular weight excluding hydrogens is 614 g/mol. The number of benzene rings is 2. The normalized spacial score (nSPS) is 14.0. The molecule has 10 heteroatoms. The topological polar surface area (TPSA) is 114 Å². The number of carbonyl (C=O) groups excluding carboxylic acids is 4. The van der Waals surface area contributed by atoms with Crippen LogP contribution >= 0.6 is 11.8 Å². The zero-order chi connectivity index (χ0) is 35.4. The van der Waals surface area contributed by atoms with Gasteiger partial charge in [-0.25, -0.2) is 9.59 Å². The summed E-state index contributed by atoms with van der Waals surface area (Å²) in [5, 5.41) is 5.66. The van der Waals surface area contributed by atoms with Gasteiger partial charge in [0.1, 0.15) is 29.3 Å². The van der Waals surface area contributed by atoms with Crippen LogP contribution in [0.2, 0.25) is 0 Å². The Bertz CT molecular complexity index is 1390. The smallest absolute Gasteiger partial charge is 0.408 e. The standard InChI is InChI=1S/C37H51N3O6S/c1-11-25(3)40(33(42)29(22-23-47-10)39-35(44)46-37(7,8)9)31(28-21-17-16-20-27(28)12-2)32(41)38-30(34(43)45-36(4,5)6)24-26-18-14-13-15-19-26/h2,13-21,25,29-31H,11,22-24H2,1,3-10H3,(H,38,41)(H,39,44). The highest BCUT2D eigenvalue weighted by molar-refractivity contribution is 7.98. The monoisotopic (exact) mass is 665 g/mol. The van der Waals surface area contributed by atoms with Gasteiger partial charge in [-0.1, -0.05) is 61.4 Å². The minimum absolute atomic E-state index is 0.166. The minimum atomic E-state index is -1.23. The number of terminal acetylenes is 1. The lowest BCUT2D eigenvalue weighted by molar-refractivity contribution is -0.159. The van der Waals surface area contributed by atoms with Gasteiger partial charge in [-0.2, -0.15) is 11.8 Å². The summed E-state index contributed by atoms with van der Waals surface area (Å²) < 4.78 is 11.2. The van der Waals surface area contributed by atoms with Crippen LogP contribution < -0.4 is 10.6 Å². The predicted octanol–water partition coefficient (Wildman–Crippen LogP) is 6.05. The van der Waals surface area contributed by atoms with Crippen LogP contribution in [0.3, 0.4) is 0 Å². The number of nitrogens with zero attached hydrogens (tertiary/aromatic N) is 1. The maximum Gasteiger partial charge on any atom is 0.408 e. The second kappa shape index (κ2) is 17.8. The molecular formula is C37H51N3O6S. The van der Waals surface area contributed by atoms with E-state index in [1.165, 1.54) is 16.7 Å². The van der Waals surface area contributed by atoms with Crippen molar-refractivity contribution in [2.75, 3.05) is 12.0 Å². The first-order valence-electron chi connectivity index (χ1n) is 15.9. The van der Waals surface area contributed by atoms with E-state index < -0.39 is 59.2 Å². The molecule has 0 aromatic heterocycles. The molecule has 0 heterocycles. The van der Waals surface area contributed by atoms with Crippen molar-refractivity contribution in [3.05, 3.63) is 71.3 Å². The maximum absolute atomic E-state index is 14.6. The third-order valence-electron chi connectivity index (χ3n) is 7.15. The molecule has 47 heavy (non-hydrogen) atoms. The van der Waals surface area contributed by atoms with Gasteiger partial charge in [0.15, 0.2) is 0 Å². The molecule has 0 aliphatic rings. The third kappa shape index (κ3) is 12.6. The Hall–Kier alpha value is -3.97. The molecule has 0 radical (unpaired) electrons. The summed E-state index contributed by atoms with van der Waals surface area (Å²) in [7, 11) is 0. The van der Waals surface area contributed by atoms with Crippen LogP contribution in [0, 0.1) is 12.3 Å². The van der Waals surface area contributed by atoms with Crippen LogP contribution in [0.25, 0.3) is 0 Å². The lowest BCUT2D eigenvalue weighted by Crippen LogP contribution is -2.57. The van der Waals surface area contributed by atoms with E-state index in [1.54, 1.807) is 65.8 Å². The summed E-state index contributed by atoms with van der Waals surface area (Å²) >= 11 is 1.53. The van der Waals surface area contributed by atoms with Crippen molar-refractivity contribution in [2.45, 2.75) is 110 Å². The fraction of sp³-hybridized carbons (Fsp3) is 0.514. The maximum atomic E-state index is 14.6. The Morgan fingerprint density at radius 2 is 1.49 bits per heavy atom. The molecule has 4 unspecified atom stereocenters. The van der Waals surface area contributed by atoms with E-state index in [0.717, 1.165) is 5.56 Å². The van der Waals surface area contributed by atoms with E-state index in [1.807, 2.05) is 50.4 Å². The first kappa shape index (κ1) is 39.2. The molecule has 3 amide bonds. The lowest BCUT2D eigenvalue weighted by Gasteiger charge is -2.39. The van der Waals surface area contributed by atoms with Crippen molar-refractivity contribution >= 4 is 35.6 Å². The van der Waals surface area contributed by atoms with E-state index >= 15 is 0 Å². The Kier molecular flexibility index (Phi) is 14.9. The summed E-state index contributed by atoms with van der Waals surface area (Å²) in [5.74, 6) is 1.53. The number of ether oxygens (including phenoxy) is 2. The molecule has 0 spiro atoms. The van der Waals surface area contributed by atoms with Gasteiger partial charge in [0.25, 0.3) is 0 Å².